The van der Waals surface area contributed by atoms with Gasteiger partial charge in [-0.25, -0.2) is 0 Å². The Morgan fingerprint density at radius 3 is 2.25 bits per heavy atom. The molecule has 0 bridgehead atoms. The van der Waals surface area contributed by atoms with Crippen LogP contribution in [0.25, 0.3) is 0 Å². The smallest absolute Gasteiger partial charge is 0.255 e. The normalized spacial score (nSPS) is 10.4. The van der Waals surface area contributed by atoms with Crippen molar-refractivity contribution < 1.29 is 14.3 Å². The summed E-state index contributed by atoms with van der Waals surface area (Å²) in [6, 6.07) is 16.9. The lowest BCUT2D eigenvalue weighted by Crippen LogP contribution is -2.26. The van der Waals surface area contributed by atoms with E-state index in [2.05, 4.69) is 17.6 Å². The topological polar surface area (TPSA) is 89.4 Å². The van der Waals surface area contributed by atoms with Crippen LogP contribution in [0.1, 0.15) is 35.7 Å². The van der Waals surface area contributed by atoms with Crippen LogP contribution in [-0.4, -0.2) is 23.0 Å². The van der Waals surface area contributed by atoms with Gasteiger partial charge >= 0.3 is 0 Å². The summed E-state index contributed by atoms with van der Waals surface area (Å²) < 4.78 is 6.97. The first-order valence-electron chi connectivity index (χ1n) is 10.6. The Labute approximate surface area is 187 Å². The highest BCUT2D eigenvalue weighted by Gasteiger charge is 2.09. The summed E-state index contributed by atoms with van der Waals surface area (Å²) in [5.41, 5.74) is 2.32. The highest BCUT2D eigenvalue weighted by Crippen LogP contribution is 2.17. The highest BCUT2D eigenvalue weighted by molar-refractivity contribution is 6.04. The summed E-state index contributed by atoms with van der Waals surface area (Å²) in [4.78, 5) is 36.6. The Balaban J connectivity index is 1.54. The Kier molecular flexibility index (Phi) is 7.80. The monoisotopic (exact) mass is 433 g/mol. The number of nitrogens with zero attached hydrogens (tertiary/aromatic N) is 1. The molecule has 1 aromatic heterocycles. The Morgan fingerprint density at radius 1 is 0.906 bits per heavy atom. The molecule has 2 aromatic carbocycles. The number of aromatic nitrogens is 1. The van der Waals surface area contributed by atoms with Gasteiger partial charge in [0.05, 0.1) is 6.61 Å². The number of benzene rings is 2. The molecule has 0 atom stereocenters. The fourth-order valence-corrected chi connectivity index (χ4v) is 3.01. The van der Waals surface area contributed by atoms with Gasteiger partial charge in [0.15, 0.2) is 0 Å². The number of hydrogen-bond donors (Lipinski definition) is 2. The van der Waals surface area contributed by atoms with Crippen LogP contribution in [0.2, 0.25) is 0 Å². The van der Waals surface area contributed by atoms with Gasteiger partial charge in [-0.2, -0.15) is 0 Å². The molecule has 166 valence electrons. The van der Waals surface area contributed by atoms with Crippen LogP contribution in [0.3, 0.4) is 0 Å². The zero-order valence-corrected chi connectivity index (χ0v) is 18.3. The van der Waals surface area contributed by atoms with E-state index in [9.17, 15) is 14.4 Å². The number of aryl methyl sites for hydroxylation is 1. The van der Waals surface area contributed by atoms with Gasteiger partial charge in [0.25, 0.3) is 11.5 Å². The van der Waals surface area contributed by atoms with Gasteiger partial charge in [-0.05, 0) is 67.4 Å². The molecule has 7 heteroatoms. The van der Waals surface area contributed by atoms with Crippen LogP contribution < -0.4 is 20.9 Å². The van der Waals surface area contributed by atoms with Crippen molar-refractivity contribution in [2.24, 2.45) is 0 Å². The maximum absolute atomic E-state index is 12.5. The number of ether oxygens (including phenoxy) is 1. The third-order valence-electron chi connectivity index (χ3n) is 4.75. The minimum Gasteiger partial charge on any atom is -0.494 e. The molecule has 2 N–H and O–H groups in total. The number of unbranched alkanes of at least 4 members (excludes halogenated alkanes) is 1. The maximum atomic E-state index is 12.5. The van der Waals surface area contributed by atoms with Gasteiger partial charge < -0.3 is 19.9 Å². The van der Waals surface area contributed by atoms with Crippen LogP contribution in [0, 0.1) is 6.92 Å². The second-order valence-corrected chi connectivity index (χ2v) is 7.48. The first-order chi connectivity index (χ1) is 15.4. The van der Waals surface area contributed by atoms with E-state index >= 15 is 0 Å². The Hall–Kier alpha value is -3.87. The van der Waals surface area contributed by atoms with Crippen molar-refractivity contribution in [3.05, 3.63) is 88.3 Å². The van der Waals surface area contributed by atoms with Gasteiger partial charge in [-0.3, -0.25) is 14.4 Å². The number of pyridine rings is 1. The molecule has 0 saturated heterocycles. The van der Waals surface area contributed by atoms with Crippen molar-refractivity contribution in [1.82, 2.24) is 4.57 Å². The van der Waals surface area contributed by atoms with E-state index in [4.69, 9.17) is 4.74 Å². The van der Waals surface area contributed by atoms with Crippen LogP contribution in [0.5, 0.6) is 5.75 Å². The van der Waals surface area contributed by atoms with Gasteiger partial charge in [0, 0.05) is 29.2 Å². The molecule has 3 rings (SSSR count). The number of amides is 2. The number of carbonyl (C=O) groups excluding carboxylic acids is 2. The van der Waals surface area contributed by atoms with Gasteiger partial charge in [-0.1, -0.05) is 19.4 Å². The largest absolute Gasteiger partial charge is 0.494 e. The second kappa shape index (κ2) is 10.9. The van der Waals surface area contributed by atoms with Crippen molar-refractivity contribution in [2.75, 3.05) is 17.2 Å². The average molecular weight is 434 g/mol. The first kappa shape index (κ1) is 22.8. The predicted octanol–water partition coefficient (Wildman–Crippen LogP) is 4.23. The molecule has 2 amide bonds. The van der Waals surface area contributed by atoms with E-state index in [-0.39, 0.29) is 23.9 Å². The molecular weight excluding hydrogens is 406 g/mol. The number of anilines is 2. The quantitative estimate of drug-likeness (QED) is 0.494. The minimum atomic E-state index is -0.323. The summed E-state index contributed by atoms with van der Waals surface area (Å²) in [6.45, 7) is 4.55. The summed E-state index contributed by atoms with van der Waals surface area (Å²) in [7, 11) is 0. The summed E-state index contributed by atoms with van der Waals surface area (Å²) in [5, 5.41) is 5.57. The van der Waals surface area contributed by atoms with Crippen LogP contribution >= 0.6 is 0 Å². The van der Waals surface area contributed by atoms with Crippen LogP contribution in [-0.2, 0) is 11.3 Å². The average Bonchev–Trinajstić information content (AvgIpc) is 2.78. The van der Waals surface area contributed by atoms with Crippen molar-refractivity contribution in [3.63, 3.8) is 0 Å². The van der Waals surface area contributed by atoms with Gasteiger partial charge in [-0.15, -0.1) is 0 Å². The van der Waals surface area contributed by atoms with Crippen molar-refractivity contribution >= 4 is 23.2 Å². The molecule has 0 unspecified atom stereocenters. The molecule has 0 spiro atoms. The zero-order chi connectivity index (χ0) is 22.9. The highest BCUT2D eigenvalue weighted by atomic mass is 16.5. The van der Waals surface area contributed by atoms with Crippen LogP contribution in [0.15, 0.2) is 71.7 Å². The molecule has 0 saturated carbocycles. The molecule has 0 radical (unpaired) electrons. The van der Waals surface area contributed by atoms with Crippen LogP contribution in [0.4, 0.5) is 11.4 Å². The zero-order valence-electron chi connectivity index (χ0n) is 18.3. The lowest BCUT2D eigenvalue weighted by Gasteiger charge is -2.10. The molecular formula is C25H27N3O4. The summed E-state index contributed by atoms with van der Waals surface area (Å²) in [6.07, 6.45) is 3.71. The molecule has 1 heterocycles. The van der Waals surface area contributed by atoms with E-state index in [1.54, 1.807) is 48.7 Å². The molecule has 7 nitrogen and oxygen atoms in total. The molecule has 0 fully saturated rings. The fourth-order valence-electron chi connectivity index (χ4n) is 3.01. The van der Waals surface area contributed by atoms with E-state index in [1.165, 1.54) is 10.6 Å². The molecule has 32 heavy (non-hydrogen) atoms. The molecule has 0 aliphatic heterocycles. The first-order valence-corrected chi connectivity index (χ1v) is 10.6. The molecule has 0 aliphatic carbocycles. The minimum absolute atomic E-state index is 0.0824. The van der Waals surface area contributed by atoms with Crippen molar-refractivity contribution in [3.8, 4) is 5.75 Å². The number of rotatable bonds is 9. The fraction of sp³-hybridized carbons (Fsp3) is 0.240. The Morgan fingerprint density at radius 2 is 1.56 bits per heavy atom. The third-order valence-corrected chi connectivity index (χ3v) is 4.75. The number of hydrogen-bond acceptors (Lipinski definition) is 4. The standard InChI is InChI=1S/C25H27N3O4/c1-3-4-15-32-22-12-10-21(11-13-22)27-25(31)19-6-8-20(9-7-19)26-23(29)17-28-16-18(2)5-14-24(28)30/h5-14,16H,3-4,15,17H2,1-2H3,(H,26,29)(H,27,31). The summed E-state index contributed by atoms with van der Waals surface area (Å²) >= 11 is 0. The lowest BCUT2D eigenvalue weighted by molar-refractivity contribution is -0.116. The Bertz CT molecular complexity index is 1120. The summed E-state index contributed by atoms with van der Waals surface area (Å²) in [5.74, 6) is 0.189. The van der Waals surface area contributed by atoms with E-state index in [0.717, 1.165) is 24.2 Å². The van der Waals surface area contributed by atoms with Gasteiger partial charge in [0.1, 0.15) is 12.3 Å². The van der Waals surface area contributed by atoms with Crippen molar-refractivity contribution in [2.45, 2.75) is 33.2 Å². The van der Waals surface area contributed by atoms with E-state index in [0.29, 0.717) is 23.5 Å². The molecule has 3 aromatic rings. The predicted molar refractivity (Wildman–Crippen MR) is 125 cm³/mol. The number of nitrogens with one attached hydrogen (secondary N) is 2. The second-order valence-electron chi connectivity index (χ2n) is 7.48. The maximum Gasteiger partial charge on any atom is 0.255 e. The van der Waals surface area contributed by atoms with E-state index in [1.807, 2.05) is 19.1 Å². The SMILES string of the molecule is CCCCOc1ccc(NC(=O)c2ccc(NC(=O)Cn3cc(C)ccc3=O)cc2)cc1. The lowest BCUT2D eigenvalue weighted by atomic mass is 10.2. The van der Waals surface area contributed by atoms with Gasteiger partial charge in [0.2, 0.25) is 5.91 Å². The molecule has 0 aliphatic rings. The van der Waals surface area contributed by atoms with E-state index < -0.39 is 0 Å². The van der Waals surface area contributed by atoms with Crippen molar-refractivity contribution in [1.29, 1.82) is 0 Å². The number of carbonyl (C=O) groups is 2. The third kappa shape index (κ3) is 6.57.